The summed E-state index contributed by atoms with van der Waals surface area (Å²) >= 11 is 0. The summed E-state index contributed by atoms with van der Waals surface area (Å²) in [6, 6.07) is 3.42. The molecule has 1 fully saturated rings. The fourth-order valence-corrected chi connectivity index (χ4v) is 3.43. The number of piperazine rings is 1. The highest BCUT2D eigenvalue weighted by Crippen LogP contribution is 2.15. The standard InChI is InChI=1S/C13H22N4O2S/c1-3-14-10-12-4-5-13(15-11-12)20(18,19)17-8-6-16(2)7-9-17/h4-5,11,14H,3,6-10H2,1-2H3. The maximum Gasteiger partial charge on any atom is 0.260 e. The van der Waals surface area contributed by atoms with Crippen molar-refractivity contribution in [1.82, 2.24) is 19.5 Å². The zero-order valence-electron chi connectivity index (χ0n) is 12.0. The Bertz CT molecular complexity index is 522. The number of aromatic nitrogens is 1. The normalized spacial score (nSPS) is 18.3. The van der Waals surface area contributed by atoms with Crippen LogP contribution in [0.3, 0.4) is 0 Å². The highest BCUT2D eigenvalue weighted by Gasteiger charge is 2.28. The van der Waals surface area contributed by atoms with Crippen LogP contribution in [0.5, 0.6) is 0 Å². The smallest absolute Gasteiger partial charge is 0.260 e. The molecule has 20 heavy (non-hydrogen) atoms. The minimum Gasteiger partial charge on any atom is -0.313 e. The number of pyridine rings is 1. The van der Waals surface area contributed by atoms with Crippen molar-refractivity contribution in [2.45, 2.75) is 18.5 Å². The number of sulfonamides is 1. The molecule has 1 aliphatic rings. The van der Waals surface area contributed by atoms with Gasteiger partial charge in [0.1, 0.15) is 0 Å². The lowest BCUT2D eigenvalue weighted by atomic mass is 10.3. The van der Waals surface area contributed by atoms with E-state index in [1.807, 2.05) is 20.0 Å². The first-order valence-electron chi connectivity index (χ1n) is 6.88. The topological polar surface area (TPSA) is 65.5 Å². The second kappa shape index (κ2) is 6.62. The van der Waals surface area contributed by atoms with Crippen LogP contribution in [0.4, 0.5) is 0 Å². The lowest BCUT2D eigenvalue weighted by molar-refractivity contribution is 0.222. The van der Waals surface area contributed by atoms with E-state index in [1.165, 1.54) is 4.31 Å². The number of nitrogens with zero attached hydrogens (tertiary/aromatic N) is 3. The molecule has 1 aromatic heterocycles. The average molecular weight is 298 g/mol. The summed E-state index contributed by atoms with van der Waals surface area (Å²) in [5.41, 5.74) is 0.990. The van der Waals surface area contributed by atoms with Gasteiger partial charge >= 0.3 is 0 Å². The van der Waals surface area contributed by atoms with Gasteiger partial charge in [-0.15, -0.1) is 0 Å². The van der Waals surface area contributed by atoms with Crippen LogP contribution in [0.1, 0.15) is 12.5 Å². The number of nitrogens with one attached hydrogen (secondary N) is 1. The van der Waals surface area contributed by atoms with Crippen molar-refractivity contribution in [3.8, 4) is 0 Å². The van der Waals surface area contributed by atoms with Gasteiger partial charge in [0.2, 0.25) is 0 Å². The second-order valence-corrected chi connectivity index (χ2v) is 6.88. The Labute approximate surface area is 120 Å². The van der Waals surface area contributed by atoms with Crippen LogP contribution >= 0.6 is 0 Å². The fourth-order valence-electron chi connectivity index (χ4n) is 2.10. The molecule has 7 heteroatoms. The molecule has 0 atom stereocenters. The van der Waals surface area contributed by atoms with Crippen molar-refractivity contribution >= 4 is 10.0 Å². The van der Waals surface area contributed by atoms with E-state index in [4.69, 9.17) is 0 Å². The van der Waals surface area contributed by atoms with Crippen molar-refractivity contribution in [1.29, 1.82) is 0 Å². The fraction of sp³-hybridized carbons (Fsp3) is 0.615. The minimum atomic E-state index is -3.45. The maximum atomic E-state index is 12.4. The highest BCUT2D eigenvalue weighted by atomic mass is 32.2. The van der Waals surface area contributed by atoms with Crippen molar-refractivity contribution in [3.63, 3.8) is 0 Å². The zero-order valence-corrected chi connectivity index (χ0v) is 12.9. The maximum absolute atomic E-state index is 12.4. The average Bonchev–Trinajstić information content (AvgIpc) is 2.46. The molecule has 112 valence electrons. The van der Waals surface area contributed by atoms with Crippen molar-refractivity contribution in [2.24, 2.45) is 0 Å². The van der Waals surface area contributed by atoms with Crippen molar-refractivity contribution < 1.29 is 8.42 Å². The van der Waals surface area contributed by atoms with Crippen LogP contribution in [0, 0.1) is 0 Å². The van der Waals surface area contributed by atoms with Crippen LogP contribution in [-0.4, -0.2) is 62.4 Å². The summed E-state index contributed by atoms with van der Waals surface area (Å²) in [6.07, 6.45) is 1.63. The second-order valence-electron chi connectivity index (χ2n) is 4.99. The van der Waals surface area contributed by atoms with Gasteiger partial charge in [-0.05, 0) is 25.2 Å². The third-order valence-electron chi connectivity index (χ3n) is 3.44. The highest BCUT2D eigenvalue weighted by molar-refractivity contribution is 7.89. The van der Waals surface area contributed by atoms with Crippen LogP contribution in [0.15, 0.2) is 23.4 Å². The van der Waals surface area contributed by atoms with Gasteiger partial charge in [0, 0.05) is 38.9 Å². The number of likely N-dealkylation sites (N-methyl/N-ethyl adjacent to an activating group) is 1. The van der Waals surface area contributed by atoms with Crippen LogP contribution in [0.2, 0.25) is 0 Å². The summed E-state index contributed by atoms with van der Waals surface area (Å²) in [5.74, 6) is 0. The predicted octanol–water partition coefficient (Wildman–Crippen LogP) is 0.127. The van der Waals surface area contributed by atoms with E-state index in [2.05, 4.69) is 15.2 Å². The lowest BCUT2D eigenvalue weighted by Gasteiger charge is -2.31. The zero-order chi connectivity index (χ0) is 14.6. The van der Waals surface area contributed by atoms with Gasteiger partial charge in [-0.25, -0.2) is 13.4 Å². The third kappa shape index (κ3) is 3.54. The van der Waals surface area contributed by atoms with E-state index in [0.29, 0.717) is 19.6 Å². The minimum absolute atomic E-state index is 0.141. The third-order valence-corrected chi connectivity index (χ3v) is 5.26. The summed E-state index contributed by atoms with van der Waals surface area (Å²) in [6.45, 7) is 6.19. The molecular weight excluding hydrogens is 276 g/mol. The Morgan fingerprint density at radius 2 is 1.95 bits per heavy atom. The molecule has 0 radical (unpaired) electrons. The van der Waals surface area contributed by atoms with Crippen LogP contribution in [0.25, 0.3) is 0 Å². The molecule has 2 rings (SSSR count). The lowest BCUT2D eigenvalue weighted by Crippen LogP contribution is -2.47. The Hall–Kier alpha value is -1.02. The van der Waals surface area contributed by atoms with Gasteiger partial charge in [0.15, 0.2) is 5.03 Å². The molecule has 2 heterocycles. The van der Waals surface area contributed by atoms with Crippen molar-refractivity contribution in [2.75, 3.05) is 39.8 Å². The van der Waals surface area contributed by atoms with E-state index < -0.39 is 10.0 Å². The van der Waals surface area contributed by atoms with Gasteiger partial charge < -0.3 is 10.2 Å². The molecular formula is C13H22N4O2S. The van der Waals surface area contributed by atoms with E-state index in [-0.39, 0.29) is 5.03 Å². The SMILES string of the molecule is CCNCc1ccc(S(=O)(=O)N2CCN(C)CC2)nc1. The van der Waals surface area contributed by atoms with Gasteiger partial charge in [-0.3, -0.25) is 0 Å². The first-order valence-corrected chi connectivity index (χ1v) is 8.32. The Morgan fingerprint density at radius 1 is 1.25 bits per heavy atom. The molecule has 0 spiro atoms. The summed E-state index contributed by atoms with van der Waals surface area (Å²) in [5, 5.41) is 3.33. The molecule has 1 saturated heterocycles. The molecule has 0 amide bonds. The molecule has 0 unspecified atom stereocenters. The Balaban J connectivity index is 2.09. The molecule has 0 aliphatic carbocycles. The summed E-state index contributed by atoms with van der Waals surface area (Å²) in [7, 11) is -1.45. The molecule has 0 saturated carbocycles. The summed E-state index contributed by atoms with van der Waals surface area (Å²) in [4.78, 5) is 6.24. The molecule has 0 aromatic carbocycles. The van der Waals surface area contributed by atoms with Gasteiger partial charge in [0.25, 0.3) is 10.0 Å². The van der Waals surface area contributed by atoms with Gasteiger partial charge in [0.05, 0.1) is 0 Å². The van der Waals surface area contributed by atoms with E-state index in [0.717, 1.165) is 25.2 Å². The monoisotopic (exact) mass is 298 g/mol. The van der Waals surface area contributed by atoms with Crippen molar-refractivity contribution in [3.05, 3.63) is 23.9 Å². The Morgan fingerprint density at radius 3 is 2.50 bits per heavy atom. The largest absolute Gasteiger partial charge is 0.313 e. The van der Waals surface area contributed by atoms with E-state index in [9.17, 15) is 8.42 Å². The molecule has 6 nitrogen and oxygen atoms in total. The first kappa shape index (κ1) is 15.4. The van der Waals surface area contributed by atoms with Crippen LogP contribution < -0.4 is 5.32 Å². The summed E-state index contributed by atoms with van der Waals surface area (Å²) < 4.78 is 26.4. The molecule has 0 bridgehead atoms. The first-order chi connectivity index (χ1) is 9.54. The number of rotatable bonds is 5. The Kier molecular flexibility index (Phi) is 5.09. The number of hydrogen-bond donors (Lipinski definition) is 1. The predicted molar refractivity (Wildman–Crippen MR) is 77.9 cm³/mol. The molecule has 1 aromatic rings. The quantitative estimate of drug-likeness (QED) is 0.837. The molecule has 1 N–H and O–H groups in total. The van der Waals surface area contributed by atoms with Gasteiger partial charge in [-0.1, -0.05) is 13.0 Å². The number of hydrogen-bond acceptors (Lipinski definition) is 5. The van der Waals surface area contributed by atoms with E-state index in [1.54, 1.807) is 12.3 Å². The van der Waals surface area contributed by atoms with E-state index >= 15 is 0 Å². The van der Waals surface area contributed by atoms with Crippen LogP contribution in [-0.2, 0) is 16.6 Å². The molecule has 1 aliphatic heterocycles. The van der Waals surface area contributed by atoms with Gasteiger partial charge in [-0.2, -0.15) is 4.31 Å².